The number of fused-ring (bicyclic) bond motifs is 2. The van der Waals surface area contributed by atoms with E-state index in [0.717, 1.165) is 10.0 Å². The molecule has 1 aliphatic rings. The molecule has 4 aromatic rings. The minimum atomic E-state index is -0.680. The summed E-state index contributed by atoms with van der Waals surface area (Å²) in [5, 5.41) is 2.68. The van der Waals surface area contributed by atoms with Crippen LogP contribution in [-0.2, 0) is 0 Å². The van der Waals surface area contributed by atoms with Crippen molar-refractivity contribution in [3.63, 3.8) is 0 Å². The maximum Gasteiger partial charge on any atom is 0.297 e. The monoisotopic (exact) mass is 494 g/mol. The summed E-state index contributed by atoms with van der Waals surface area (Å²) in [4.78, 5) is 32.8. The summed E-state index contributed by atoms with van der Waals surface area (Å²) in [6, 6.07) is 11.8. The van der Waals surface area contributed by atoms with Crippen LogP contribution < -0.4 is 15.1 Å². The van der Waals surface area contributed by atoms with Crippen molar-refractivity contribution in [3.05, 3.63) is 98.3 Å². The molecule has 2 aromatic heterocycles. The first-order chi connectivity index (χ1) is 15.1. The van der Waals surface area contributed by atoms with E-state index in [4.69, 9.17) is 9.15 Å². The molecule has 5 rings (SSSR count). The number of carbonyl (C=O) groups excluding carboxylic acids is 1. The number of thiazole rings is 1. The Morgan fingerprint density at radius 1 is 1.26 bits per heavy atom. The van der Waals surface area contributed by atoms with Gasteiger partial charge in [0.2, 0.25) is 5.76 Å². The van der Waals surface area contributed by atoms with E-state index in [1.165, 1.54) is 16.2 Å². The summed E-state index contributed by atoms with van der Waals surface area (Å²) in [5.74, 6) is 0.261. The van der Waals surface area contributed by atoms with Crippen molar-refractivity contribution in [1.29, 1.82) is 0 Å². The summed E-state index contributed by atoms with van der Waals surface area (Å²) in [6.45, 7) is 4.01. The number of benzene rings is 2. The van der Waals surface area contributed by atoms with Crippen molar-refractivity contribution in [1.82, 2.24) is 4.98 Å². The van der Waals surface area contributed by atoms with Crippen LogP contribution in [0.2, 0.25) is 0 Å². The molecular weight excluding hydrogens is 480 g/mol. The summed E-state index contributed by atoms with van der Waals surface area (Å²) < 4.78 is 12.4. The van der Waals surface area contributed by atoms with Crippen LogP contribution in [-0.4, -0.2) is 17.5 Å². The second kappa shape index (κ2) is 7.79. The average Bonchev–Trinajstić information content (AvgIpc) is 3.40. The van der Waals surface area contributed by atoms with Gasteiger partial charge in [0.25, 0.3) is 5.91 Å². The molecule has 0 fully saturated rings. The molecule has 1 aliphatic heterocycles. The van der Waals surface area contributed by atoms with Crippen molar-refractivity contribution >= 4 is 49.3 Å². The molecular formula is C23H15BrN2O4S. The maximum atomic E-state index is 13.6. The van der Waals surface area contributed by atoms with E-state index in [2.05, 4.69) is 27.5 Å². The fourth-order valence-corrected chi connectivity index (χ4v) is 4.75. The van der Waals surface area contributed by atoms with Gasteiger partial charge in [-0.3, -0.25) is 14.5 Å². The smallest absolute Gasteiger partial charge is 0.297 e. The number of anilines is 1. The lowest BCUT2D eigenvalue weighted by Crippen LogP contribution is -2.29. The standard InChI is InChI=1S/C23H15BrN2O4S/c1-2-9-29-15-5-3-4-13(11-15)19-18-20(27)16-12-14(24)6-7-17(16)30-21(18)22(28)26(19)23-25-8-10-31-23/h2-8,10-12,19H,1,9H2/t19-/m1/s1. The Hall–Kier alpha value is -3.23. The first-order valence-corrected chi connectivity index (χ1v) is 11.1. The number of hydrogen-bond donors (Lipinski definition) is 0. The predicted molar refractivity (Wildman–Crippen MR) is 123 cm³/mol. The normalized spacial score (nSPS) is 15.3. The highest BCUT2D eigenvalue weighted by atomic mass is 79.9. The highest BCUT2D eigenvalue weighted by molar-refractivity contribution is 9.10. The topological polar surface area (TPSA) is 72.6 Å². The van der Waals surface area contributed by atoms with Crippen molar-refractivity contribution in [2.75, 3.05) is 11.5 Å². The number of halogens is 1. The molecule has 0 unspecified atom stereocenters. The second-order valence-electron chi connectivity index (χ2n) is 6.88. The number of rotatable bonds is 5. The van der Waals surface area contributed by atoms with E-state index >= 15 is 0 Å². The molecule has 1 amide bonds. The van der Waals surface area contributed by atoms with Crippen LogP contribution in [0.5, 0.6) is 5.75 Å². The zero-order valence-electron chi connectivity index (χ0n) is 16.1. The van der Waals surface area contributed by atoms with Gasteiger partial charge >= 0.3 is 0 Å². The first kappa shape index (κ1) is 19.7. The first-order valence-electron chi connectivity index (χ1n) is 9.41. The molecule has 31 heavy (non-hydrogen) atoms. The largest absolute Gasteiger partial charge is 0.490 e. The van der Waals surface area contributed by atoms with Crippen LogP contribution in [0.3, 0.4) is 0 Å². The van der Waals surface area contributed by atoms with Gasteiger partial charge in [-0.05, 0) is 35.9 Å². The Morgan fingerprint density at radius 3 is 2.90 bits per heavy atom. The Balaban J connectivity index is 1.76. The van der Waals surface area contributed by atoms with Crippen molar-refractivity contribution < 1.29 is 13.9 Å². The van der Waals surface area contributed by atoms with Gasteiger partial charge in [0.1, 0.15) is 17.9 Å². The Bertz CT molecular complexity index is 1380. The number of nitrogens with zero attached hydrogens (tertiary/aromatic N) is 2. The van der Waals surface area contributed by atoms with E-state index in [0.29, 0.717) is 34.0 Å². The molecule has 6 nitrogen and oxygen atoms in total. The predicted octanol–water partition coefficient (Wildman–Crippen LogP) is 5.33. The number of ether oxygens (including phenoxy) is 1. The van der Waals surface area contributed by atoms with Crippen LogP contribution in [0.1, 0.15) is 27.7 Å². The lowest BCUT2D eigenvalue weighted by Gasteiger charge is -2.23. The summed E-state index contributed by atoms with van der Waals surface area (Å²) >= 11 is 4.73. The lowest BCUT2D eigenvalue weighted by molar-refractivity contribution is 0.0971. The van der Waals surface area contributed by atoms with Gasteiger partial charge in [0.05, 0.1) is 17.0 Å². The maximum absolute atomic E-state index is 13.6. The minimum Gasteiger partial charge on any atom is -0.490 e. The van der Waals surface area contributed by atoms with Gasteiger partial charge in [-0.2, -0.15) is 0 Å². The lowest BCUT2D eigenvalue weighted by atomic mass is 9.98. The minimum absolute atomic E-state index is 0.0393. The molecule has 0 saturated heterocycles. The fraction of sp³-hybridized carbons (Fsp3) is 0.0870. The Kier molecular flexibility index (Phi) is 4.95. The summed E-state index contributed by atoms with van der Waals surface area (Å²) in [7, 11) is 0. The SMILES string of the molecule is C=CCOc1cccc([C@@H]2c3c(oc4ccc(Br)cc4c3=O)C(=O)N2c2nccs2)c1. The Labute approximate surface area is 189 Å². The van der Waals surface area contributed by atoms with Crippen molar-refractivity contribution in [2.45, 2.75) is 6.04 Å². The van der Waals surface area contributed by atoms with Crippen molar-refractivity contribution in [3.8, 4) is 5.75 Å². The second-order valence-corrected chi connectivity index (χ2v) is 8.67. The van der Waals surface area contributed by atoms with Gasteiger partial charge in [0.15, 0.2) is 10.6 Å². The van der Waals surface area contributed by atoms with E-state index in [-0.39, 0.29) is 11.2 Å². The number of aromatic nitrogens is 1. The molecule has 154 valence electrons. The van der Waals surface area contributed by atoms with Crippen LogP contribution in [0.4, 0.5) is 5.13 Å². The highest BCUT2D eigenvalue weighted by Gasteiger charge is 2.44. The molecule has 0 spiro atoms. The zero-order valence-corrected chi connectivity index (χ0v) is 18.5. The molecule has 2 aromatic carbocycles. The van der Waals surface area contributed by atoms with Crippen LogP contribution in [0.15, 0.2) is 80.4 Å². The van der Waals surface area contributed by atoms with E-state index < -0.39 is 11.9 Å². The van der Waals surface area contributed by atoms with Gasteiger partial charge < -0.3 is 9.15 Å². The molecule has 8 heteroatoms. The van der Waals surface area contributed by atoms with Gasteiger partial charge in [-0.1, -0.05) is 40.7 Å². The molecule has 1 atom stereocenters. The number of carbonyl (C=O) groups is 1. The van der Waals surface area contributed by atoms with E-state index in [1.807, 2.05) is 24.3 Å². The number of hydrogen-bond acceptors (Lipinski definition) is 6. The van der Waals surface area contributed by atoms with Crippen LogP contribution in [0, 0.1) is 0 Å². The van der Waals surface area contributed by atoms with E-state index in [9.17, 15) is 9.59 Å². The third kappa shape index (κ3) is 3.28. The third-order valence-electron chi connectivity index (χ3n) is 5.00. The molecule has 3 heterocycles. The molecule has 0 saturated carbocycles. The van der Waals surface area contributed by atoms with Crippen molar-refractivity contribution in [2.24, 2.45) is 0 Å². The Morgan fingerprint density at radius 2 is 2.13 bits per heavy atom. The van der Waals surface area contributed by atoms with E-state index in [1.54, 1.807) is 35.9 Å². The summed E-state index contributed by atoms with van der Waals surface area (Å²) in [5.41, 5.74) is 1.15. The van der Waals surface area contributed by atoms with Crippen LogP contribution >= 0.6 is 27.3 Å². The molecule has 0 radical (unpaired) electrons. The third-order valence-corrected chi connectivity index (χ3v) is 6.26. The molecule has 0 N–H and O–H groups in total. The van der Waals surface area contributed by atoms with Gasteiger partial charge in [-0.25, -0.2) is 4.98 Å². The highest BCUT2D eigenvalue weighted by Crippen LogP contribution is 2.42. The van der Waals surface area contributed by atoms with Gasteiger partial charge in [-0.15, -0.1) is 11.3 Å². The number of amides is 1. The average molecular weight is 495 g/mol. The quantitative estimate of drug-likeness (QED) is 0.350. The zero-order chi connectivity index (χ0) is 21.5. The molecule has 0 aliphatic carbocycles. The fourth-order valence-electron chi connectivity index (χ4n) is 3.72. The van der Waals surface area contributed by atoms with Gasteiger partial charge in [0, 0.05) is 16.0 Å². The molecule has 0 bridgehead atoms. The summed E-state index contributed by atoms with van der Waals surface area (Å²) in [6.07, 6.45) is 3.28. The van der Waals surface area contributed by atoms with Crippen LogP contribution in [0.25, 0.3) is 11.0 Å².